The van der Waals surface area contributed by atoms with Gasteiger partial charge in [-0.05, 0) is 32.6 Å². The molecule has 2 unspecified atom stereocenters. The normalized spacial score (nSPS) is 15.0. The van der Waals surface area contributed by atoms with E-state index in [-0.39, 0.29) is 5.92 Å². The highest BCUT2D eigenvalue weighted by Crippen LogP contribution is 2.13. The van der Waals surface area contributed by atoms with Crippen LogP contribution in [-0.4, -0.2) is 6.29 Å². The van der Waals surface area contributed by atoms with Crippen molar-refractivity contribution in [2.45, 2.75) is 40.5 Å². The molecule has 70 valence electrons. The molecular weight excluding hydrogens is 148 g/mol. The standard InChI is InChI=1S/C11H20O/c1-9(2)7-10(3)5-6-11(4)8-12/h7-8,10-11H,5-6H2,1-4H3. The Kier molecular flexibility index (Phi) is 5.69. The number of allylic oxidation sites excluding steroid dienone is 2. The lowest BCUT2D eigenvalue weighted by Crippen LogP contribution is -1.99. The minimum atomic E-state index is 0.220. The first-order chi connectivity index (χ1) is 5.56. The number of rotatable bonds is 5. The molecule has 0 fully saturated rings. The molecule has 0 radical (unpaired) electrons. The van der Waals surface area contributed by atoms with E-state index in [9.17, 15) is 4.79 Å². The van der Waals surface area contributed by atoms with Gasteiger partial charge < -0.3 is 4.79 Å². The minimum absolute atomic E-state index is 0.220. The molecule has 0 aromatic rings. The van der Waals surface area contributed by atoms with Crippen LogP contribution in [0.4, 0.5) is 0 Å². The van der Waals surface area contributed by atoms with E-state index in [0.29, 0.717) is 5.92 Å². The van der Waals surface area contributed by atoms with Crippen LogP contribution >= 0.6 is 0 Å². The first-order valence-corrected chi connectivity index (χ1v) is 4.66. The van der Waals surface area contributed by atoms with Gasteiger partial charge in [-0.2, -0.15) is 0 Å². The molecule has 1 nitrogen and oxygen atoms in total. The third kappa shape index (κ3) is 6.14. The van der Waals surface area contributed by atoms with Crippen molar-refractivity contribution >= 4 is 6.29 Å². The molecule has 0 amide bonds. The second-order valence-corrected chi connectivity index (χ2v) is 3.91. The Morgan fingerprint density at radius 1 is 1.17 bits per heavy atom. The van der Waals surface area contributed by atoms with Gasteiger partial charge in [-0.3, -0.25) is 0 Å². The van der Waals surface area contributed by atoms with Gasteiger partial charge in [0.25, 0.3) is 0 Å². The molecule has 0 aliphatic rings. The van der Waals surface area contributed by atoms with Crippen LogP contribution in [-0.2, 0) is 4.79 Å². The van der Waals surface area contributed by atoms with Gasteiger partial charge in [0, 0.05) is 5.92 Å². The zero-order valence-electron chi connectivity index (χ0n) is 8.63. The van der Waals surface area contributed by atoms with E-state index in [2.05, 4.69) is 26.8 Å². The quantitative estimate of drug-likeness (QED) is 0.455. The van der Waals surface area contributed by atoms with Crippen LogP contribution in [0.1, 0.15) is 40.5 Å². The first kappa shape index (κ1) is 11.4. The summed E-state index contributed by atoms with van der Waals surface area (Å²) in [5.74, 6) is 0.829. The second-order valence-electron chi connectivity index (χ2n) is 3.91. The molecule has 2 atom stereocenters. The molecule has 0 aliphatic heterocycles. The third-order valence-corrected chi connectivity index (χ3v) is 1.93. The summed E-state index contributed by atoms with van der Waals surface area (Å²) >= 11 is 0. The summed E-state index contributed by atoms with van der Waals surface area (Å²) in [7, 11) is 0. The van der Waals surface area contributed by atoms with E-state index in [0.717, 1.165) is 19.1 Å². The van der Waals surface area contributed by atoms with E-state index in [1.807, 2.05) is 6.92 Å². The number of hydrogen-bond donors (Lipinski definition) is 0. The monoisotopic (exact) mass is 168 g/mol. The van der Waals surface area contributed by atoms with Crippen LogP contribution < -0.4 is 0 Å². The highest BCUT2D eigenvalue weighted by molar-refractivity contribution is 5.52. The highest BCUT2D eigenvalue weighted by Gasteiger charge is 2.02. The maximum absolute atomic E-state index is 10.3. The first-order valence-electron chi connectivity index (χ1n) is 4.66. The van der Waals surface area contributed by atoms with Gasteiger partial charge >= 0.3 is 0 Å². The SMILES string of the molecule is CC(C)=CC(C)CCC(C)C=O. The molecule has 0 N–H and O–H groups in total. The zero-order chi connectivity index (χ0) is 9.56. The van der Waals surface area contributed by atoms with Crippen molar-refractivity contribution in [3.63, 3.8) is 0 Å². The van der Waals surface area contributed by atoms with Crippen LogP contribution in [0.2, 0.25) is 0 Å². The van der Waals surface area contributed by atoms with Gasteiger partial charge in [-0.1, -0.05) is 25.5 Å². The molecule has 0 saturated heterocycles. The Morgan fingerprint density at radius 2 is 1.67 bits per heavy atom. The number of aldehydes is 1. The number of carbonyl (C=O) groups excluding carboxylic acids is 1. The molecule has 0 aliphatic carbocycles. The van der Waals surface area contributed by atoms with E-state index in [1.54, 1.807) is 0 Å². The fourth-order valence-corrected chi connectivity index (χ4v) is 1.25. The summed E-state index contributed by atoms with van der Waals surface area (Å²) in [6.07, 6.45) is 5.42. The summed E-state index contributed by atoms with van der Waals surface area (Å²) < 4.78 is 0. The van der Waals surface area contributed by atoms with Crippen molar-refractivity contribution in [2.24, 2.45) is 11.8 Å². The van der Waals surface area contributed by atoms with Crippen LogP contribution in [0.5, 0.6) is 0 Å². The van der Waals surface area contributed by atoms with Crippen LogP contribution in [0.3, 0.4) is 0 Å². The Balaban J connectivity index is 3.64. The van der Waals surface area contributed by atoms with Crippen molar-refractivity contribution in [3.05, 3.63) is 11.6 Å². The molecule has 0 rings (SSSR count). The van der Waals surface area contributed by atoms with Crippen molar-refractivity contribution in [1.29, 1.82) is 0 Å². The largest absolute Gasteiger partial charge is 0.303 e. The van der Waals surface area contributed by atoms with Crippen molar-refractivity contribution in [3.8, 4) is 0 Å². The van der Waals surface area contributed by atoms with Crippen LogP contribution in [0, 0.1) is 11.8 Å². The van der Waals surface area contributed by atoms with Crippen LogP contribution in [0.15, 0.2) is 11.6 Å². The van der Waals surface area contributed by atoms with Gasteiger partial charge in [0.15, 0.2) is 0 Å². The molecule has 0 heterocycles. The van der Waals surface area contributed by atoms with Gasteiger partial charge in [-0.15, -0.1) is 0 Å². The van der Waals surface area contributed by atoms with Crippen molar-refractivity contribution < 1.29 is 4.79 Å². The fourth-order valence-electron chi connectivity index (χ4n) is 1.25. The molecule has 1 heteroatoms. The molecule has 0 bridgehead atoms. The average molecular weight is 168 g/mol. The lowest BCUT2D eigenvalue weighted by molar-refractivity contribution is -0.110. The minimum Gasteiger partial charge on any atom is -0.303 e. The molecule has 0 aromatic heterocycles. The Labute approximate surface area is 75.9 Å². The third-order valence-electron chi connectivity index (χ3n) is 1.93. The lowest BCUT2D eigenvalue weighted by Gasteiger charge is -2.08. The van der Waals surface area contributed by atoms with E-state index < -0.39 is 0 Å². The fraction of sp³-hybridized carbons (Fsp3) is 0.727. The summed E-state index contributed by atoms with van der Waals surface area (Å²) in [5.41, 5.74) is 1.36. The maximum Gasteiger partial charge on any atom is 0.122 e. The van der Waals surface area contributed by atoms with Crippen molar-refractivity contribution in [1.82, 2.24) is 0 Å². The van der Waals surface area contributed by atoms with Gasteiger partial charge in [-0.25, -0.2) is 0 Å². The summed E-state index contributed by atoms with van der Waals surface area (Å²) in [6, 6.07) is 0. The highest BCUT2D eigenvalue weighted by atomic mass is 16.1. The number of carbonyl (C=O) groups is 1. The van der Waals surface area contributed by atoms with Crippen LogP contribution in [0.25, 0.3) is 0 Å². The summed E-state index contributed by atoms with van der Waals surface area (Å²) in [6.45, 7) is 8.39. The Morgan fingerprint density at radius 3 is 2.08 bits per heavy atom. The maximum atomic E-state index is 10.3. The van der Waals surface area contributed by atoms with Crippen molar-refractivity contribution in [2.75, 3.05) is 0 Å². The zero-order valence-corrected chi connectivity index (χ0v) is 8.63. The molecule has 0 spiro atoms. The average Bonchev–Trinajstić information content (AvgIpc) is 1.99. The lowest BCUT2D eigenvalue weighted by atomic mass is 9.97. The predicted octanol–water partition coefficient (Wildman–Crippen LogP) is 3.20. The Bertz CT molecular complexity index is 154. The van der Waals surface area contributed by atoms with Gasteiger partial charge in [0.1, 0.15) is 6.29 Å². The predicted molar refractivity (Wildman–Crippen MR) is 53.1 cm³/mol. The Hall–Kier alpha value is -0.590. The smallest absolute Gasteiger partial charge is 0.122 e. The van der Waals surface area contributed by atoms with Gasteiger partial charge in [0.2, 0.25) is 0 Å². The summed E-state index contributed by atoms with van der Waals surface area (Å²) in [4.78, 5) is 10.3. The number of hydrogen-bond acceptors (Lipinski definition) is 1. The molecule has 12 heavy (non-hydrogen) atoms. The summed E-state index contributed by atoms with van der Waals surface area (Å²) in [5, 5.41) is 0. The van der Waals surface area contributed by atoms with E-state index in [4.69, 9.17) is 0 Å². The topological polar surface area (TPSA) is 17.1 Å². The molecular formula is C11H20O. The van der Waals surface area contributed by atoms with Gasteiger partial charge in [0.05, 0.1) is 0 Å². The second kappa shape index (κ2) is 5.99. The van der Waals surface area contributed by atoms with E-state index in [1.165, 1.54) is 5.57 Å². The molecule has 0 saturated carbocycles. The molecule has 0 aromatic carbocycles. The van der Waals surface area contributed by atoms with E-state index >= 15 is 0 Å².